The highest BCUT2D eigenvalue weighted by Gasteiger charge is 2.17. The van der Waals surface area contributed by atoms with Crippen molar-refractivity contribution in [2.75, 3.05) is 0 Å². The topological polar surface area (TPSA) is 56.0 Å². The third-order valence-electron chi connectivity index (χ3n) is 6.53. The zero-order chi connectivity index (χ0) is 25.9. The minimum atomic E-state index is 0.805. The second kappa shape index (κ2) is 10.1. The van der Waals surface area contributed by atoms with Crippen molar-refractivity contribution in [2.45, 2.75) is 6.92 Å². The van der Waals surface area contributed by atoms with Gasteiger partial charge in [0, 0.05) is 35.1 Å². The molecule has 0 bridgehead atoms. The number of aliphatic imine (C=N–C) groups is 1. The number of pyridine rings is 3. The van der Waals surface area contributed by atoms with Crippen molar-refractivity contribution >= 4 is 29.4 Å². The zero-order valence-corrected chi connectivity index (χ0v) is 21.0. The van der Waals surface area contributed by atoms with Crippen LogP contribution >= 0.6 is 0 Å². The molecule has 5 heteroatoms. The number of benzene rings is 2. The van der Waals surface area contributed by atoms with Crippen molar-refractivity contribution in [3.05, 3.63) is 121 Å². The fourth-order valence-corrected chi connectivity index (χ4v) is 4.77. The average Bonchev–Trinajstić information content (AvgIpc) is 3.31. The van der Waals surface area contributed by atoms with Gasteiger partial charge in [-0.15, -0.1) is 0 Å². The Labute approximate surface area is 221 Å². The van der Waals surface area contributed by atoms with Gasteiger partial charge in [0.15, 0.2) is 0 Å². The van der Waals surface area contributed by atoms with Crippen molar-refractivity contribution in [3.63, 3.8) is 0 Å². The fourth-order valence-electron chi connectivity index (χ4n) is 4.77. The number of aromatic nitrogens is 4. The molecule has 0 spiro atoms. The van der Waals surface area contributed by atoms with Crippen LogP contribution in [0.2, 0.25) is 0 Å². The van der Waals surface area contributed by atoms with Crippen LogP contribution in [0.4, 0.5) is 5.69 Å². The Kier molecular flexibility index (Phi) is 6.16. The summed E-state index contributed by atoms with van der Waals surface area (Å²) in [5.41, 5.74) is 8.67. The molecular weight excluding hydrogens is 466 g/mol. The SMILES string of the molecule is C=Nc1c(/C=C\C)n(-c2ccc(-c3cc(-c4ccccc4)cc(-c4cccnc4)n3)cn2)c2ccccc12. The molecule has 4 heterocycles. The maximum atomic E-state index is 4.99. The molecule has 0 aliphatic heterocycles. The second-order valence-corrected chi connectivity index (χ2v) is 8.88. The van der Waals surface area contributed by atoms with Gasteiger partial charge in [-0.2, -0.15) is 0 Å². The van der Waals surface area contributed by atoms with E-state index < -0.39 is 0 Å². The number of para-hydroxylation sites is 1. The highest BCUT2D eigenvalue weighted by atomic mass is 15.1. The highest BCUT2D eigenvalue weighted by Crippen LogP contribution is 2.36. The molecule has 5 nitrogen and oxygen atoms in total. The quantitative estimate of drug-likeness (QED) is 0.221. The first-order chi connectivity index (χ1) is 18.8. The smallest absolute Gasteiger partial charge is 0.137 e. The molecule has 0 saturated carbocycles. The van der Waals surface area contributed by atoms with Crippen molar-refractivity contribution in [1.29, 1.82) is 0 Å². The molecule has 0 atom stereocenters. The number of rotatable bonds is 6. The Hall–Kier alpha value is -5.16. The number of hydrogen-bond acceptors (Lipinski definition) is 4. The summed E-state index contributed by atoms with van der Waals surface area (Å²) in [5.74, 6) is 0.805. The van der Waals surface area contributed by atoms with E-state index in [1.807, 2.05) is 80.0 Å². The van der Waals surface area contributed by atoms with E-state index in [2.05, 4.69) is 63.7 Å². The Morgan fingerprint density at radius 3 is 2.18 bits per heavy atom. The third-order valence-corrected chi connectivity index (χ3v) is 6.53. The van der Waals surface area contributed by atoms with Crippen LogP contribution in [-0.4, -0.2) is 26.2 Å². The van der Waals surface area contributed by atoms with Crippen LogP contribution in [0, 0.1) is 0 Å². The zero-order valence-electron chi connectivity index (χ0n) is 21.0. The van der Waals surface area contributed by atoms with Gasteiger partial charge in [0.2, 0.25) is 0 Å². The van der Waals surface area contributed by atoms with E-state index in [0.29, 0.717) is 0 Å². The Balaban J connectivity index is 1.49. The molecule has 0 aliphatic carbocycles. The summed E-state index contributed by atoms with van der Waals surface area (Å²) in [5, 5.41) is 1.04. The van der Waals surface area contributed by atoms with Crippen LogP contribution < -0.4 is 0 Å². The average molecular weight is 492 g/mol. The Morgan fingerprint density at radius 2 is 1.50 bits per heavy atom. The predicted octanol–water partition coefficient (Wildman–Crippen LogP) is 8.18. The van der Waals surface area contributed by atoms with Gasteiger partial charge in [-0.1, -0.05) is 54.6 Å². The minimum Gasteiger partial charge on any atom is -0.292 e. The lowest BCUT2D eigenvalue weighted by molar-refractivity contribution is 1.03. The Morgan fingerprint density at radius 1 is 0.763 bits per heavy atom. The molecule has 0 fully saturated rings. The van der Waals surface area contributed by atoms with Crippen LogP contribution in [0.5, 0.6) is 0 Å². The van der Waals surface area contributed by atoms with E-state index in [4.69, 9.17) is 9.97 Å². The van der Waals surface area contributed by atoms with Crippen LogP contribution in [0.25, 0.3) is 56.4 Å². The van der Waals surface area contributed by atoms with Crippen LogP contribution in [-0.2, 0) is 0 Å². The van der Waals surface area contributed by atoms with Crippen molar-refractivity contribution < 1.29 is 0 Å². The first-order valence-electron chi connectivity index (χ1n) is 12.4. The van der Waals surface area contributed by atoms with Crippen molar-refractivity contribution in [3.8, 4) is 39.5 Å². The number of hydrogen-bond donors (Lipinski definition) is 0. The predicted molar refractivity (Wildman–Crippen MR) is 157 cm³/mol. The van der Waals surface area contributed by atoms with Gasteiger partial charge in [0.25, 0.3) is 0 Å². The maximum Gasteiger partial charge on any atom is 0.137 e. The number of nitrogens with zero attached hydrogens (tertiary/aromatic N) is 5. The molecule has 4 aromatic heterocycles. The summed E-state index contributed by atoms with van der Waals surface area (Å²) in [4.78, 5) is 18.5. The molecule has 6 aromatic rings. The van der Waals surface area contributed by atoms with E-state index in [1.54, 1.807) is 6.20 Å². The molecule has 6 rings (SSSR count). The molecule has 2 aromatic carbocycles. The first-order valence-corrected chi connectivity index (χ1v) is 12.4. The standard InChI is InChI=1S/C33H25N5/c1-3-10-31-33(34-2)27-14-7-8-15-30(27)38(31)32-17-16-25(22-36-32)29-20-26(23-11-5-4-6-12-23)19-28(37-29)24-13-9-18-35-21-24/h3-22H,2H2,1H3/b10-3-. The van der Waals surface area contributed by atoms with E-state index >= 15 is 0 Å². The van der Waals surface area contributed by atoms with E-state index in [1.165, 1.54) is 0 Å². The van der Waals surface area contributed by atoms with Gasteiger partial charge in [0.1, 0.15) is 5.82 Å². The van der Waals surface area contributed by atoms with Gasteiger partial charge in [-0.25, -0.2) is 9.97 Å². The van der Waals surface area contributed by atoms with Gasteiger partial charge in [-0.05, 0) is 73.3 Å². The summed E-state index contributed by atoms with van der Waals surface area (Å²) in [7, 11) is 0. The van der Waals surface area contributed by atoms with E-state index in [0.717, 1.165) is 61.7 Å². The van der Waals surface area contributed by atoms with Crippen LogP contribution in [0.1, 0.15) is 12.6 Å². The summed E-state index contributed by atoms with van der Waals surface area (Å²) in [6.45, 7) is 5.82. The van der Waals surface area contributed by atoms with E-state index in [-0.39, 0.29) is 0 Å². The molecule has 0 amide bonds. The number of fused-ring (bicyclic) bond motifs is 1. The normalized spacial score (nSPS) is 11.3. The minimum absolute atomic E-state index is 0.805. The van der Waals surface area contributed by atoms with Gasteiger partial charge in [-0.3, -0.25) is 14.5 Å². The van der Waals surface area contributed by atoms with Crippen LogP contribution in [0.15, 0.2) is 121 Å². The Bertz CT molecular complexity index is 1710. The molecule has 0 saturated heterocycles. The molecule has 0 radical (unpaired) electrons. The monoisotopic (exact) mass is 491 g/mol. The third kappa shape index (κ3) is 4.20. The lowest BCUT2D eigenvalue weighted by atomic mass is 10.0. The highest BCUT2D eigenvalue weighted by molar-refractivity contribution is 5.98. The fraction of sp³-hybridized carbons (Fsp3) is 0.0303. The summed E-state index contributed by atoms with van der Waals surface area (Å²) >= 11 is 0. The summed E-state index contributed by atoms with van der Waals surface area (Å²) in [6.07, 6.45) is 9.55. The maximum absolute atomic E-state index is 4.99. The van der Waals surface area contributed by atoms with Crippen molar-refractivity contribution in [1.82, 2.24) is 19.5 Å². The van der Waals surface area contributed by atoms with Gasteiger partial charge in [0.05, 0.1) is 28.3 Å². The molecule has 0 aliphatic rings. The molecule has 0 N–H and O–H groups in total. The van der Waals surface area contributed by atoms with Crippen LogP contribution in [0.3, 0.4) is 0 Å². The largest absolute Gasteiger partial charge is 0.292 e. The molecular formula is C33H25N5. The lowest BCUT2D eigenvalue weighted by Crippen LogP contribution is -2.00. The van der Waals surface area contributed by atoms with Gasteiger partial charge < -0.3 is 0 Å². The second-order valence-electron chi connectivity index (χ2n) is 8.88. The van der Waals surface area contributed by atoms with Crippen molar-refractivity contribution in [2.24, 2.45) is 4.99 Å². The number of allylic oxidation sites excluding steroid dienone is 1. The first kappa shape index (κ1) is 23.3. The molecule has 38 heavy (non-hydrogen) atoms. The summed E-state index contributed by atoms with van der Waals surface area (Å²) in [6, 6.07) is 30.8. The van der Waals surface area contributed by atoms with E-state index in [9.17, 15) is 0 Å². The molecule has 182 valence electrons. The summed E-state index contributed by atoms with van der Waals surface area (Å²) < 4.78 is 2.12. The molecule has 0 unspecified atom stereocenters. The lowest BCUT2D eigenvalue weighted by Gasteiger charge is -2.11. The van der Waals surface area contributed by atoms with Gasteiger partial charge >= 0.3 is 0 Å².